The molecule has 1 rings (SSSR count). The van der Waals surface area contributed by atoms with Crippen LogP contribution >= 0.6 is 0 Å². The predicted molar refractivity (Wildman–Crippen MR) is 66.5 cm³/mol. The Balaban J connectivity index is 2.65. The minimum absolute atomic E-state index is 0.0502. The highest BCUT2D eigenvalue weighted by Gasteiger charge is 2.31. The summed E-state index contributed by atoms with van der Waals surface area (Å²) in [7, 11) is 0. The molecule has 1 aromatic rings. The van der Waals surface area contributed by atoms with Crippen LogP contribution in [0.15, 0.2) is 30.3 Å². The quantitative estimate of drug-likeness (QED) is 0.864. The number of alkyl halides is 3. The van der Waals surface area contributed by atoms with E-state index in [1.165, 1.54) is 6.92 Å². The molecular formula is C13H17F3N2O. The van der Waals surface area contributed by atoms with Gasteiger partial charge in [-0.2, -0.15) is 13.2 Å². The van der Waals surface area contributed by atoms with E-state index < -0.39 is 30.5 Å². The molecule has 6 heteroatoms. The van der Waals surface area contributed by atoms with E-state index in [0.717, 1.165) is 0 Å². The highest BCUT2D eigenvalue weighted by atomic mass is 19.4. The van der Waals surface area contributed by atoms with Crippen LogP contribution in [0.25, 0.3) is 0 Å². The van der Waals surface area contributed by atoms with Gasteiger partial charge in [0.25, 0.3) is 0 Å². The molecular weight excluding hydrogens is 257 g/mol. The maximum atomic E-state index is 12.2. The maximum Gasteiger partial charge on any atom is 0.391 e. The van der Waals surface area contributed by atoms with Crippen molar-refractivity contribution in [2.45, 2.75) is 31.5 Å². The summed E-state index contributed by atoms with van der Waals surface area (Å²) in [5.41, 5.74) is 6.22. The molecule has 3 nitrogen and oxygen atoms in total. The summed E-state index contributed by atoms with van der Waals surface area (Å²) in [5, 5.41) is 2.35. The van der Waals surface area contributed by atoms with E-state index in [0.29, 0.717) is 5.56 Å². The first-order chi connectivity index (χ1) is 8.83. The van der Waals surface area contributed by atoms with Gasteiger partial charge in [-0.15, -0.1) is 0 Å². The van der Waals surface area contributed by atoms with Crippen molar-refractivity contribution in [2.75, 3.05) is 6.54 Å². The van der Waals surface area contributed by atoms with Crippen molar-refractivity contribution in [3.63, 3.8) is 0 Å². The number of halogens is 3. The lowest BCUT2D eigenvalue weighted by Gasteiger charge is -2.20. The Morgan fingerprint density at radius 1 is 1.32 bits per heavy atom. The molecule has 106 valence electrons. The summed E-state index contributed by atoms with van der Waals surface area (Å²) < 4.78 is 36.6. The van der Waals surface area contributed by atoms with Crippen molar-refractivity contribution >= 4 is 5.91 Å². The van der Waals surface area contributed by atoms with Gasteiger partial charge in [0.05, 0.1) is 12.3 Å². The third-order valence-corrected chi connectivity index (χ3v) is 2.68. The zero-order valence-corrected chi connectivity index (χ0v) is 10.6. The fraction of sp³-hybridized carbons (Fsp3) is 0.462. The van der Waals surface area contributed by atoms with E-state index in [1.54, 1.807) is 30.3 Å². The monoisotopic (exact) mass is 274 g/mol. The molecule has 0 spiro atoms. The summed E-state index contributed by atoms with van der Waals surface area (Å²) in [5.74, 6) is -1.11. The van der Waals surface area contributed by atoms with Crippen molar-refractivity contribution in [3.05, 3.63) is 35.9 Å². The molecule has 0 fully saturated rings. The Morgan fingerprint density at radius 3 is 2.37 bits per heavy atom. The van der Waals surface area contributed by atoms with Crippen LogP contribution in [0.4, 0.5) is 13.2 Å². The number of hydrogen-bond donors (Lipinski definition) is 2. The van der Waals surface area contributed by atoms with Crippen LogP contribution in [0.3, 0.4) is 0 Å². The van der Waals surface area contributed by atoms with E-state index in [9.17, 15) is 18.0 Å². The molecule has 0 aliphatic carbocycles. The van der Waals surface area contributed by atoms with Gasteiger partial charge in [-0.25, -0.2) is 0 Å². The smallest absolute Gasteiger partial charge is 0.353 e. The van der Waals surface area contributed by atoms with E-state index in [1.807, 2.05) is 0 Å². The molecule has 1 amide bonds. The van der Waals surface area contributed by atoms with Gasteiger partial charge in [-0.05, 0) is 12.5 Å². The minimum Gasteiger partial charge on any atom is -0.353 e. The molecule has 19 heavy (non-hydrogen) atoms. The second kappa shape index (κ2) is 6.56. The van der Waals surface area contributed by atoms with Gasteiger partial charge in [-0.3, -0.25) is 4.79 Å². The molecule has 2 unspecified atom stereocenters. The summed E-state index contributed by atoms with van der Waals surface area (Å²) in [6.45, 7) is 1.37. The van der Waals surface area contributed by atoms with Crippen LogP contribution in [0.2, 0.25) is 0 Å². The van der Waals surface area contributed by atoms with E-state index in [2.05, 4.69) is 5.32 Å². The lowest BCUT2D eigenvalue weighted by atomic mass is 9.98. The first-order valence-electron chi connectivity index (χ1n) is 5.95. The first kappa shape index (κ1) is 15.5. The van der Waals surface area contributed by atoms with Crippen molar-refractivity contribution in [1.29, 1.82) is 0 Å². The van der Waals surface area contributed by atoms with Crippen LogP contribution in [0.5, 0.6) is 0 Å². The molecule has 0 saturated carbocycles. The molecule has 0 radical (unpaired) electrons. The number of benzene rings is 1. The zero-order chi connectivity index (χ0) is 14.5. The number of hydrogen-bond acceptors (Lipinski definition) is 2. The topological polar surface area (TPSA) is 55.1 Å². The third kappa shape index (κ3) is 5.30. The molecule has 2 atom stereocenters. The summed E-state index contributed by atoms with van der Waals surface area (Å²) >= 11 is 0. The average Bonchev–Trinajstić information content (AvgIpc) is 2.28. The molecule has 0 saturated heterocycles. The average molecular weight is 274 g/mol. The Kier molecular flexibility index (Phi) is 5.35. The van der Waals surface area contributed by atoms with Gasteiger partial charge in [-0.1, -0.05) is 30.3 Å². The van der Waals surface area contributed by atoms with Crippen molar-refractivity contribution < 1.29 is 18.0 Å². The molecule has 0 aliphatic rings. The van der Waals surface area contributed by atoms with Gasteiger partial charge in [0, 0.05) is 12.6 Å². The first-order valence-corrected chi connectivity index (χ1v) is 5.95. The summed E-state index contributed by atoms with van der Waals surface area (Å²) in [6.07, 6.45) is -5.34. The van der Waals surface area contributed by atoms with Gasteiger partial charge in [0.2, 0.25) is 5.91 Å². The Morgan fingerprint density at radius 2 is 1.89 bits per heavy atom. The molecule has 3 N–H and O–H groups in total. The lowest BCUT2D eigenvalue weighted by molar-refractivity contribution is -0.141. The molecule has 0 aromatic heterocycles. The Hall–Kier alpha value is -1.56. The van der Waals surface area contributed by atoms with Gasteiger partial charge < -0.3 is 11.1 Å². The fourth-order valence-electron chi connectivity index (χ4n) is 1.82. The normalized spacial score (nSPS) is 14.8. The number of carbonyl (C=O) groups excluding carboxylic acids is 1. The minimum atomic E-state index is -4.29. The number of nitrogens with one attached hydrogen (secondary N) is 1. The van der Waals surface area contributed by atoms with Crippen LogP contribution in [-0.4, -0.2) is 24.7 Å². The van der Waals surface area contributed by atoms with Crippen LogP contribution in [0, 0.1) is 0 Å². The van der Waals surface area contributed by atoms with Gasteiger partial charge in [0.15, 0.2) is 0 Å². The van der Waals surface area contributed by atoms with E-state index in [-0.39, 0.29) is 6.54 Å². The predicted octanol–water partition coefficient (Wildman–Crippen LogP) is 2.19. The van der Waals surface area contributed by atoms with E-state index in [4.69, 9.17) is 5.73 Å². The second-order valence-electron chi connectivity index (χ2n) is 4.43. The Bertz CT molecular complexity index is 406. The highest BCUT2D eigenvalue weighted by Crippen LogP contribution is 2.22. The van der Waals surface area contributed by atoms with Gasteiger partial charge >= 0.3 is 6.18 Å². The number of rotatable bonds is 5. The largest absolute Gasteiger partial charge is 0.391 e. The number of amides is 1. The molecule has 0 bridgehead atoms. The third-order valence-electron chi connectivity index (χ3n) is 2.68. The zero-order valence-electron chi connectivity index (χ0n) is 10.6. The molecule has 1 aromatic carbocycles. The molecule has 0 aliphatic heterocycles. The van der Waals surface area contributed by atoms with E-state index >= 15 is 0 Å². The fourth-order valence-corrected chi connectivity index (χ4v) is 1.82. The van der Waals surface area contributed by atoms with Gasteiger partial charge in [0.1, 0.15) is 0 Å². The van der Waals surface area contributed by atoms with Crippen molar-refractivity contribution in [3.8, 4) is 0 Å². The number of nitrogens with two attached hydrogens (primary N) is 1. The van der Waals surface area contributed by atoms with Crippen LogP contribution < -0.4 is 11.1 Å². The van der Waals surface area contributed by atoms with Crippen LogP contribution in [0.1, 0.15) is 24.8 Å². The second-order valence-corrected chi connectivity index (χ2v) is 4.43. The van der Waals surface area contributed by atoms with Crippen molar-refractivity contribution in [1.82, 2.24) is 5.32 Å². The summed E-state index contributed by atoms with van der Waals surface area (Å²) in [4.78, 5) is 11.9. The Labute approximate surface area is 110 Å². The van der Waals surface area contributed by atoms with Crippen molar-refractivity contribution in [2.24, 2.45) is 5.73 Å². The maximum absolute atomic E-state index is 12.2. The SMILES string of the molecule is CC(CC(F)(F)F)NC(=O)C(CN)c1ccccc1. The standard InChI is InChI=1S/C13H17F3N2O/c1-9(7-13(14,15)16)18-12(19)11(8-17)10-5-3-2-4-6-10/h2-6,9,11H,7-8,17H2,1H3,(H,18,19). The summed E-state index contributed by atoms with van der Waals surface area (Å²) in [6, 6.07) is 7.79. The van der Waals surface area contributed by atoms with Crippen LogP contribution in [-0.2, 0) is 4.79 Å². The number of carbonyl (C=O) groups is 1. The highest BCUT2D eigenvalue weighted by molar-refractivity contribution is 5.84. The molecule has 0 heterocycles. The lowest BCUT2D eigenvalue weighted by Crippen LogP contribution is -2.40.